The van der Waals surface area contributed by atoms with Gasteiger partial charge in [-0.05, 0) is 37.1 Å². The molecule has 1 saturated heterocycles. The zero-order chi connectivity index (χ0) is 21.9. The van der Waals surface area contributed by atoms with Crippen molar-refractivity contribution >= 4 is 28.3 Å². The van der Waals surface area contributed by atoms with Crippen molar-refractivity contribution < 1.29 is 9.59 Å². The van der Waals surface area contributed by atoms with E-state index in [2.05, 4.69) is 15.4 Å². The van der Waals surface area contributed by atoms with Gasteiger partial charge in [0.2, 0.25) is 5.91 Å². The summed E-state index contributed by atoms with van der Waals surface area (Å²) in [6.45, 7) is 0.985. The molecule has 8 nitrogen and oxygen atoms in total. The van der Waals surface area contributed by atoms with E-state index < -0.39 is 0 Å². The zero-order valence-electron chi connectivity index (χ0n) is 17.3. The van der Waals surface area contributed by atoms with Crippen LogP contribution in [0.25, 0.3) is 11.5 Å². The number of rotatable bonds is 5. The SMILES string of the molecule is O=C(Nc1nccs1)C1CCCN(C(=O)c2cnn(-c3ccccc3)c2-n2cccc2)C1. The number of benzene rings is 1. The lowest BCUT2D eigenvalue weighted by Gasteiger charge is -2.32. The monoisotopic (exact) mass is 446 g/mol. The van der Waals surface area contributed by atoms with Crippen molar-refractivity contribution in [3.05, 3.63) is 78.2 Å². The number of nitrogens with zero attached hydrogens (tertiary/aromatic N) is 5. The number of amides is 2. The number of hydrogen-bond acceptors (Lipinski definition) is 5. The first-order valence-electron chi connectivity index (χ1n) is 10.5. The van der Waals surface area contributed by atoms with Crippen LogP contribution in [0, 0.1) is 5.92 Å². The van der Waals surface area contributed by atoms with Crippen molar-refractivity contribution in [2.75, 3.05) is 18.4 Å². The highest BCUT2D eigenvalue weighted by Gasteiger charge is 2.31. The molecule has 0 radical (unpaired) electrons. The number of likely N-dealkylation sites (tertiary alicyclic amines) is 1. The Bertz CT molecular complexity index is 1200. The van der Waals surface area contributed by atoms with Crippen LogP contribution in [0.1, 0.15) is 23.2 Å². The number of piperidine rings is 1. The Kier molecular flexibility index (Phi) is 5.55. The standard InChI is InChI=1S/C23H22N6O2S/c30-20(26-23-24-10-14-32-23)17-7-6-13-28(16-17)22(31)19-15-25-29(18-8-2-1-3-9-18)21(19)27-11-4-5-12-27/h1-5,8-12,14-15,17H,6-7,13,16H2,(H,24,26,30). The van der Waals surface area contributed by atoms with E-state index in [-0.39, 0.29) is 17.7 Å². The summed E-state index contributed by atoms with van der Waals surface area (Å²) in [6.07, 6.45) is 8.58. The lowest BCUT2D eigenvalue weighted by molar-refractivity contribution is -0.121. The van der Waals surface area contributed by atoms with Gasteiger partial charge in [0, 0.05) is 37.1 Å². The number of para-hydroxylation sites is 1. The zero-order valence-corrected chi connectivity index (χ0v) is 18.1. The summed E-state index contributed by atoms with van der Waals surface area (Å²) in [4.78, 5) is 32.1. The molecule has 0 saturated carbocycles. The third-order valence-corrected chi connectivity index (χ3v) is 6.25. The molecule has 4 aromatic rings. The van der Waals surface area contributed by atoms with Gasteiger partial charge in [-0.2, -0.15) is 5.10 Å². The number of hydrogen-bond donors (Lipinski definition) is 1. The van der Waals surface area contributed by atoms with Gasteiger partial charge >= 0.3 is 0 Å². The molecule has 1 aromatic carbocycles. The number of anilines is 1. The van der Waals surface area contributed by atoms with Crippen LogP contribution >= 0.6 is 11.3 Å². The van der Waals surface area contributed by atoms with Crippen LogP contribution in [0.5, 0.6) is 0 Å². The average molecular weight is 447 g/mol. The van der Waals surface area contributed by atoms with Crippen LogP contribution in [0.2, 0.25) is 0 Å². The van der Waals surface area contributed by atoms with E-state index >= 15 is 0 Å². The second-order valence-electron chi connectivity index (χ2n) is 7.64. The van der Waals surface area contributed by atoms with Gasteiger partial charge in [-0.15, -0.1) is 11.3 Å². The van der Waals surface area contributed by atoms with Crippen LogP contribution in [-0.4, -0.2) is 49.1 Å². The fraction of sp³-hybridized carbons (Fsp3) is 0.217. The highest BCUT2D eigenvalue weighted by atomic mass is 32.1. The molecular formula is C23H22N6O2S. The minimum absolute atomic E-state index is 0.0944. The first-order valence-corrected chi connectivity index (χ1v) is 11.3. The van der Waals surface area contributed by atoms with E-state index in [0.717, 1.165) is 18.5 Å². The van der Waals surface area contributed by atoms with Crippen molar-refractivity contribution in [2.24, 2.45) is 5.92 Å². The molecule has 1 unspecified atom stereocenters. The third kappa shape index (κ3) is 3.94. The fourth-order valence-electron chi connectivity index (χ4n) is 4.01. The normalized spacial score (nSPS) is 16.1. The second kappa shape index (κ2) is 8.80. The van der Waals surface area contributed by atoms with Gasteiger partial charge in [0.1, 0.15) is 5.56 Å². The molecule has 162 valence electrons. The minimum Gasteiger partial charge on any atom is -0.338 e. The first-order chi connectivity index (χ1) is 15.7. The summed E-state index contributed by atoms with van der Waals surface area (Å²) in [5, 5.41) is 9.78. The van der Waals surface area contributed by atoms with Gasteiger partial charge in [0.25, 0.3) is 5.91 Å². The van der Waals surface area contributed by atoms with Crippen molar-refractivity contribution in [3.63, 3.8) is 0 Å². The predicted octanol–water partition coefficient (Wildman–Crippen LogP) is 3.61. The van der Waals surface area contributed by atoms with Crippen LogP contribution in [-0.2, 0) is 4.79 Å². The summed E-state index contributed by atoms with van der Waals surface area (Å²) in [6, 6.07) is 13.6. The van der Waals surface area contributed by atoms with E-state index in [1.807, 2.05) is 64.8 Å². The fourth-order valence-corrected chi connectivity index (χ4v) is 4.55. The maximum Gasteiger partial charge on any atom is 0.259 e. The molecule has 1 atom stereocenters. The Balaban J connectivity index is 1.41. The number of thiazole rings is 1. The lowest BCUT2D eigenvalue weighted by atomic mass is 9.96. The molecule has 3 aromatic heterocycles. The van der Waals surface area contributed by atoms with Gasteiger partial charge in [0.15, 0.2) is 10.9 Å². The van der Waals surface area contributed by atoms with Crippen LogP contribution in [0.4, 0.5) is 5.13 Å². The number of nitrogens with one attached hydrogen (secondary N) is 1. The largest absolute Gasteiger partial charge is 0.338 e. The molecule has 5 rings (SSSR count). The van der Waals surface area contributed by atoms with E-state index in [1.54, 1.807) is 22.0 Å². The minimum atomic E-state index is -0.268. The topological polar surface area (TPSA) is 85.1 Å². The van der Waals surface area contributed by atoms with Crippen molar-refractivity contribution in [3.8, 4) is 11.5 Å². The maximum absolute atomic E-state index is 13.6. The quantitative estimate of drug-likeness (QED) is 0.508. The lowest BCUT2D eigenvalue weighted by Crippen LogP contribution is -2.44. The van der Waals surface area contributed by atoms with Gasteiger partial charge in [0.05, 0.1) is 17.8 Å². The smallest absolute Gasteiger partial charge is 0.259 e. The van der Waals surface area contributed by atoms with Crippen LogP contribution < -0.4 is 5.32 Å². The Labute approximate surface area is 189 Å². The predicted molar refractivity (Wildman–Crippen MR) is 122 cm³/mol. The van der Waals surface area contributed by atoms with Crippen LogP contribution in [0.3, 0.4) is 0 Å². The molecule has 32 heavy (non-hydrogen) atoms. The molecule has 4 heterocycles. The average Bonchev–Trinajstić information content (AvgIpc) is 3.60. The number of aromatic nitrogens is 4. The molecule has 1 fully saturated rings. The van der Waals surface area contributed by atoms with Crippen molar-refractivity contribution in [1.82, 2.24) is 24.2 Å². The molecule has 9 heteroatoms. The van der Waals surface area contributed by atoms with Crippen LogP contribution in [0.15, 0.2) is 72.6 Å². The highest BCUT2D eigenvalue weighted by Crippen LogP contribution is 2.25. The molecule has 2 amide bonds. The van der Waals surface area contributed by atoms with Crippen molar-refractivity contribution in [2.45, 2.75) is 12.8 Å². The van der Waals surface area contributed by atoms with E-state index in [9.17, 15) is 9.59 Å². The number of carbonyl (C=O) groups excluding carboxylic acids is 2. The Morgan fingerprint density at radius 1 is 1.09 bits per heavy atom. The van der Waals surface area contributed by atoms with E-state index in [1.165, 1.54) is 11.3 Å². The van der Waals surface area contributed by atoms with E-state index in [0.29, 0.717) is 29.6 Å². The molecule has 0 aliphatic carbocycles. The summed E-state index contributed by atoms with van der Waals surface area (Å²) in [5.74, 6) is 0.196. The Morgan fingerprint density at radius 3 is 2.66 bits per heavy atom. The Morgan fingerprint density at radius 2 is 1.91 bits per heavy atom. The molecular weight excluding hydrogens is 424 g/mol. The molecule has 0 bridgehead atoms. The highest BCUT2D eigenvalue weighted by molar-refractivity contribution is 7.13. The Hall–Kier alpha value is -3.72. The summed E-state index contributed by atoms with van der Waals surface area (Å²) >= 11 is 1.38. The summed E-state index contributed by atoms with van der Waals surface area (Å²) in [7, 11) is 0. The first kappa shape index (κ1) is 20.2. The summed E-state index contributed by atoms with van der Waals surface area (Å²) < 4.78 is 3.66. The molecule has 1 aliphatic heterocycles. The van der Waals surface area contributed by atoms with Gasteiger partial charge in [-0.3, -0.25) is 9.59 Å². The third-order valence-electron chi connectivity index (χ3n) is 5.57. The van der Waals surface area contributed by atoms with Gasteiger partial charge in [-0.1, -0.05) is 18.2 Å². The summed E-state index contributed by atoms with van der Waals surface area (Å²) in [5.41, 5.74) is 1.38. The van der Waals surface area contributed by atoms with E-state index in [4.69, 9.17) is 0 Å². The van der Waals surface area contributed by atoms with Gasteiger partial charge < -0.3 is 14.8 Å². The van der Waals surface area contributed by atoms with Gasteiger partial charge in [-0.25, -0.2) is 9.67 Å². The van der Waals surface area contributed by atoms with Crippen molar-refractivity contribution in [1.29, 1.82) is 0 Å². The molecule has 0 spiro atoms. The number of carbonyl (C=O) groups is 2. The maximum atomic E-state index is 13.6. The molecule has 1 N–H and O–H groups in total. The molecule has 1 aliphatic rings. The second-order valence-corrected chi connectivity index (χ2v) is 8.53.